The first-order valence-electron chi connectivity index (χ1n) is 6.56. The lowest BCUT2D eigenvalue weighted by molar-refractivity contribution is -0.154. The van der Waals surface area contributed by atoms with Gasteiger partial charge in [0.1, 0.15) is 0 Å². The second-order valence-electron chi connectivity index (χ2n) is 4.20. The molecular formula is C12H22N2O5. The van der Waals surface area contributed by atoms with Crippen LogP contribution in [-0.2, 0) is 14.3 Å². The molecule has 110 valence electrons. The van der Waals surface area contributed by atoms with Gasteiger partial charge in [-0.05, 0) is 13.8 Å². The minimum atomic E-state index is -1.03. The minimum absolute atomic E-state index is 0.0965. The van der Waals surface area contributed by atoms with Gasteiger partial charge in [0.25, 0.3) is 0 Å². The zero-order valence-electron chi connectivity index (χ0n) is 11.5. The highest BCUT2D eigenvalue weighted by molar-refractivity contribution is 5.77. The number of carboxylic acid groups (broad SMARTS) is 1. The Labute approximate surface area is 113 Å². The van der Waals surface area contributed by atoms with Crippen molar-refractivity contribution in [3.63, 3.8) is 0 Å². The molecule has 0 aliphatic carbocycles. The highest BCUT2D eigenvalue weighted by atomic mass is 16.5. The molecule has 0 spiro atoms. The highest BCUT2D eigenvalue weighted by Crippen LogP contribution is 2.08. The van der Waals surface area contributed by atoms with E-state index in [0.29, 0.717) is 32.8 Å². The maximum Gasteiger partial charge on any atom is 0.334 e. The predicted molar refractivity (Wildman–Crippen MR) is 68.1 cm³/mol. The fraction of sp³-hybridized carbons (Fsp3) is 0.833. The van der Waals surface area contributed by atoms with Crippen LogP contribution in [0, 0.1) is 0 Å². The number of amides is 2. The third-order valence-corrected chi connectivity index (χ3v) is 2.97. The van der Waals surface area contributed by atoms with Crippen LogP contribution in [0.4, 0.5) is 4.79 Å². The largest absolute Gasteiger partial charge is 0.479 e. The summed E-state index contributed by atoms with van der Waals surface area (Å²) < 4.78 is 10.3. The van der Waals surface area contributed by atoms with E-state index < -0.39 is 12.1 Å². The van der Waals surface area contributed by atoms with Crippen LogP contribution in [0.25, 0.3) is 0 Å². The van der Waals surface area contributed by atoms with Crippen molar-refractivity contribution in [1.29, 1.82) is 0 Å². The van der Waals surface area contributed by atoms with E-state index >= 15 is 0 Å². The van der Waals surface area contributed by atoms with Crippen molar-refractivity contribution in [2.45, 2.75) is 20.0 Å². The van der Waals surface area contributed by atoms with Crippen molar-refractivity contribution >= 4 is 12.0 Å². The van der Waals surface area contributed by atoms with E-state index in [4.69, 9.17) is 14.6 Å². The molecule has 0 aromatic carbocycles. The number of carbonyl (C=O) groups excluding carboxylic acids is 1. The van der Waals surface area contributed by atoms with Crippen molar-refractivity contribution in [2.75, 3.05) is 46.0 Å². The number of rotatable bonds is 6. The van der Waals surface area contributed by atoms with E-state index in [1.165, 1.54) is 4.90 Å². The lowest BCUT2D eigenvalue weighted by atomic mass is 10.3. The molecule has 1 N–H and O–H groups in total. The Morgan fingerprint density at radius 3 is 2.79 bits per heavy atom. The number of hydrogen-bond acceptors (Lipinski definition) is 4. The summed E-state index contributed by atoms with van der Waals surface area (Å²) in [6.45, 7) is 6.75. The summed E-state index contributed by atoms with van der Waals surface area (Å²) in [5, 5.41) is 8.91. The molecule has 1 heterocycles. The van der Waals surface area contributed by atoms with Crippen molar-refractivity contribution < 1.29 is 24.2 Å². The van der Waals surface area contributed by atoms with Crippen LogP contribution in [0.5, 0.6) is 0 Å². The normalized spacial score (nSPS) is 19.3. The molecule has 0 aromatic heterocycles. The summed E-state index contributed by atoms with van der Waals surface area (Å²) in [6, 6.07) is -0.156. The van der Waals surface area contributed by atoms with E-state index in [2.05, 4.69) is 0 Å². The average Bonchev–Trinajstić information content (AvgIpc) is 2.43. The van der Waals surface area contributed by atoms with Crippen molar-refractivity contribution in [2.24, 2.45) is 0 Å². The molecule has 7 heteroatoms. The Bertz CT molecular complexity index is 310. The first kappa shape index (κ1) is 15.7. The molecule has 1 unspecified atom stereocenters. The van der Waals surface area contributed by atoms with Crippen LogP contribution in [0.3, 0.4) is 0 Å². The highest BCUT2D eigenvalue weighted by Gasteiger charge is 2.30. The standard InChI is InChI=1S/C12H22N2O5/c1-3-13(5-7-18-4-2)12(17)14-6-8-19-10(9-14)11(15)16/h10H,3-9H2,1-2H3,(H,15,16). The van der Waals surface area contributed by atoms with Crippen LogP contribution in [-0.4, -0.2) is 79.0 Å². The van der Waals surface area contributed by atoms with Gasteiger partial charge in [-0.1, -0.05) is 0 Å². The lowest BCUT2D eigenvalue weighted by Gasteiger charge is -2.34. The minimum Gasteiger partial charge on any atom is -0.479 e. The van der Waals surface area contributed by atoms with Gasteiger partial charge in [-0.15, -0.1) is 0 Å². The molecule has 1 rings (SSSR count). The molecular weight excluding hydrogens is 252 g/mol. The predicted octanol–water partition coefficient (Wildman–Crippen LogP) is 0.250. The molecule has 1 aliphatic heterocycles. The number of carboxylic acids is 1. The molecule has 19 heavy (non-hydrogen) atoms. The van der Waals surface area contributed by atoms with E-state index in [9.17, 15) is 9.59 Å². The fourth-order valence-corrected chi connectivity index (χ4v) is 1.88. The molecule has 0 saturated carbocycles. The average molecular weight is 274 g/mol. The second kappa shape index (κ2) is 7.96. The number of urea groups is 1. The van der Waals surface area contributed by atoms with Crippen molar-refractivity contribution in [1.82, 2.24) is 9.80 Å². The zero-order valence-corrected chi connectivity index (χ0v) is 11.5. The van der Waals surface area contributed by atoms with Gasteiger partial charge >= 0.3 is 12.0 Å². The molecule has 1 aliphatic rings. The van der Waals surface area contributed by atoms with E-state index in [0.717, 1.165) is 0 Å². The quantitative estimate of drug-likeness (QED) is 0.702. The number of hydrogen-bond donors (Lipinski definition) is 1. The Morgan fingerprint density at radius 1 is 1.47 bits per heavy atom. The third-order valence-electron chi connectivity index (χ3n) is 2.97. The summed E-state index contributed by atoms with van der Waals surface area (Å²) in [5.74, 6) is -1.03. The Kier molecular flexibility index (Phi) is 6.58. The zero-order chi connectivity index (χ0) is 14.3. The molecule has 1 saturated heterocycles. The first-order chi connectivity index (χ1) is 9.10. The van der Waals surface area contributed by atoms with Crippen LogP contribution in [0.15, 0.2) is 0 Å². The molecule has 1 fully saturated rings. The summed E-state index contributed by atoms with van der Waals surface area (Å²) in [7, 11) is 0. The van der Waals surface area contributed by atoms with E-state index in [-0.39, 0.29) is 19.2 Å². The molecule has 0 aromatic rings. The number of likely N-dealkylation sites (N-methyl/N-ethyl adjacent to an activating group) is 1. The number of aliphatic carboxylic acids is 1. The van der Waals surface area contributed by atoms with Gasteiger partial charge in [-0.25, -0.2) is 9.59 Å². The Balaban J connectivity index is 2.51. The number of ether oxygens (including phenoxy) is 2. The summed E-state index contributed by atoms with van der Waals surface area (Å²) in [6.07, 6.45) is -0.928. The number of carbonyl (C=O) groups is 2. The van der Waals surface area contributed by atoms with Gasteiger partial charge in [0, 0.05) is 26.2 Å². The van der Waals surface area contributed by atoms with Gasteiger partial charge in [0.15, 0.2) is 6.10 Å². The van der Waals surface area contributed by atoms with Crippen LogP contribution in [0.2, 0.25) is 0 Å². The van der Waals surface area contributed by atoms with Crippen LogP contribution < -0.4 is 0 Å². The lowest BCUT2D eigenvalue weighted by Crippen LogP contribution is -2.53. The van der Waals surface area contributed by atoms with Gasteiger partial charge in [-0.3, -0.25) is 0 Å². The van der Waals surface area contributed by atoms with E-state index in [1.807, 2.05) is 13.8 Å². The van der Waals surface area contributed by atoms with Gasteiger partial charge in [0.2, 0.25) is 0 Å². The smallest absolute Gasteiger partial charge is 0.334 e. The van der Waals surface area contributed by atoms with E-state index in [1.54, 1.807) is 4.90 Å². The monoisotopic (exact) mass is 274 g/mol. The van der Waals surface area contributed by atoms with Crippen molar-refractivity contribution in [3.8, 4) is 0 Å². The van der Waals surface area contributed by atoms with Crippen LogP contribution in [0.1, 0.15) is 13.8 Å². The molecule has 2 amide bonds. The SMILES string of the molecule is CCOCCN(CC)C(=O)N1CCOC(C(=O)O)C1. The Morgan fingerprint density at radius 2 is 2.21 bits per heavy atom. The summed E-state index contributed by atoms with van der Waals surface area (Å²) in [5.41, 5.74) is 0. The maximum absolute atomic E-state index is 12.2. The fourth-order valence-electron chi connectivity index (χ4n) is 1.88. The van der Waals surface area contributed by atoms with Gasteiger partial charge in [0.05, 0.1) is 19.8 Å². The molecule has 0 radical (unpaired) electrons. The van der Waals surface area contributed by atoms with Crippen LogP contribution >= 0.6 is 0 Å². The number of nitrogens with zero attached hydrogens (tertiary/aromatic N) is 2. The summed E-state index contributed by atoms with van der Waals surface area (Å²) in [4.78, 5) is 26.3. The van der Waals surface area contributed by atoms with Crippen molar-refractivity contribution in [3.05, 3.63) is 0 Å². The second-order valence-corrected chi connectivity index (χ2v) is 4.20. The topological polar surface area (TPSA) is 79.3 Å². The molecule has 0 bridgehead atoms. The maximum atomic E-state index is 12.2. The molecule has 1 atom stereocenters. The third kappa shape index (κ3) is 4.68. The van der Waals surface area contributed by atoms with Gasteiger partial charge in [-0.2, -0.15) is 0 Å². The Hall–Kier alpha value is -1.34. The van der Waals surface area contributed by atoms with Gasteiger partial charge < -0.3 is 24.4 Å². The number of morpholine rings is 1. The first-order valence-corrected chi connectivity index (χ1v) is 6.56. The summed E-state index contributed by atoms with van der Waals surface area (Å²) >= 11 is 0. The molecule has 7 nitrogen and oxygen atoms in total.